The number of halogens is 3. The lowest BCUT2D eigenvalue weighted by Crippen LogP contribution is -1.75. The normalized spacial score (nSPS) is 9.90. The van der Waals surface area contributed by atoms with E-state index in [2.05, 4.69) is 22.6 Å². The zero-order valence-corrected chi connectivity index (χ0v) is 8.74. The first-order valence-corrected chi connectivity index (χ1v) is 5.02. The van der Waals surface area contributed by atoms with Crippen LogP contribution in [0.15, 0.2) is 18.2 Å². The summed E-state index contributed by atoms with van der Waals surface area (Å²) in [4.78, 5) is 0. The van der Waals surface area contributed by atoms with Gasteiger partial charge in [0.25, 0.3) is 0 Å². The van der Waals surface area contributed by atoms with Gasteiger partial charge in [0.1, 0.15) is 0 Å². The molecule has 3 heteroatoms. The van der Waals surface area contributed by atoms with E-state index in [4.69, 9.17) is 23.2 Å². The molecule has 0 aliphatic carbocycles. The second-order valence-electron chi connectivity index (χ2n) is 1.88. The zero-order chi connectivity index (χ0) is 7.56. The molecule has 10 heavy (non-hydrogen) atoms. The van der Waals surface area contributed by atoms with Crippen LogP contribution in [0, 0.1) is 0 Å². The summed E-state index contributed by atoms with van der Waals surface area (Å²) in [6.45, 7) is 0. The fourth-order valence-corrected chi connectivity index (χ4v) is 1.42. The third kappa shape index (κ3) is 2.01. The lowest BCUT2D eigenvalue weighted by molar-refractivity contribution is 1.46. The summed E-state index contributed by atoms with van der Waals surface area (Å²) in [5.41, 5.74) is 1.20. The molecule has 0 atom stereocenters. The Balaban J connectivity index is 3.04. The first-order chi connectivity index (χ1) is 4.74. The van der Waals surface area contributed by atoms with E-state index in [-0.39, 0.29) is 0 Å². The van der Waals surface area contributed by atoms with E-state index in [1.54, 1.807) is 0 Å². The fourth-order valence-electron chi connectivity index (χ4n) is 0.623. The van der Waals surface area contributed by atoms with Gasteiger partial charge in [-0.25, -0.2) is 0 Å². The molecule has 0 radical (unpaired) electrons. The molecule has 0 saturated heterocycles. The maximum atomic E-state index is 5.76. The lowest BCUT2D eigenvalue weighted by atomic mass is 10.2. The van der Waals surface area contributed by atoms with Crippen LogP contribution < -0.4 is 0 Å². The molecule has 0 N–H and O–H groups in total. The molecule has 0 bridgehead atoms. The van der Waals surface area contributed by atoms with Gasteiger partial charge in [0.15, 0.2) is 0 Å². The summed E-state index contributed by atoms with van der Waals surface area (Å²) in [5.74, 6) is 0. The van der Waals surface area contributed by atoms with Crippen LogP contribution in [-0.2, 0) is 4.43 Å². The predicted molar refractivity (Wildman–Crippen MR) is 54.2 cm³/mol. The summed E-state index contributed by atoms with van der Waals surface area (Å²) >= 11 is 13.7. The summed E-state index contributed by atoms with van der Waals surface area (Å²) in [7, 11) is 0. The highest BCUT2D eigenvalue weighted by Crippen LogP contribution is 2.23. The van der Waals surface area contributed by atoms with Crippen LogP contribution in [0.25, 0.3) is 0 Å². The molecule has 0 saturated carbocycles. The molecule has 0 aliphatic heterocycles. The summed E-state index contributed by atoms with van der Waals surface area (Å²) in [5, 5.41) is 1.26. The van der Waals surface area contributed by atoms with Gasteiger partial charge in [-0.3, -0.25) is 0 Å². The standard InChI is InChI=1S/C7H5Cl2I/c8-6-2-1-5(4-10)3-7(6)9/h1-3H,4H2. The van der Waals surface area contributed by atoms with Crippen molar-refractivity contribution in [3.05, 3.63) is 33.8 Å². The molecule has 0 spiro atoms. The Bertz CT molecular complexity index is 235. The van der Waals surface area contributed by atoms with Gasteiger partial charge in [0.05, 0.1) is 10.0 Å². The Labute approximate surface area is 83.7 Å². The van der Waals surface area contributed by atoms with Crippen molar-refractivity contribution in [1.29, 1.82) is 0 Å². The Morgan fingerprint density at radius 3 is 2.40 bits per heavy atom. The van der Waals surface area contributed by atoms with Crippen molar-refractivity contribution in [2.24, 2.45) is 0 Å². The van der Waals surface area contributed by atoms with Gasteiger partial charge in [-0.15, -0.1) is 0 Å². The topological polar surface area (TPSA) is 0 Å². The minimum atomic E-state index is 0.621. The van der Waals surface area contributed by atoms with Crippen molar-refractivity contribution in [3.8, 4) is 0 Å². The molecule has 0 fully saturated rings. The van der Waals surface area contributed by atoms with E-state index in [1.165, 1.54) is 5.56 Å². The van der Waals surface area contributed by atoms with Crippen molar-refractivity contribution >= 4 is 45.8 Å². The monoisotopic (exact) mass is 286 g/mol. The Morgan fingerprint density at radius 2 is 1.90 bits per heavy atom. The van der Waals surface area contributed by atoms with Gasteiger partial charge < -0.3 is 0 Å². The van der Waals surface area contributed by atoms with Gasteiger partial charge in [-0.05, 0) is 17.7 Å². The number of hydrogen-bond donors (Lipinski definition) is 0. The van der Waals surface area contributed by atoms with Crippen LogP contribution >= 0.6 is 45.8 Å². The van der Waals surface area contributed by atoms with E-state index >= 15 is 0 Å². The van der Waals surface area contributed by atoms with E-state index in [0.29, 0.717) is 10.0 Å². The van der Waals surface area contributed by atoms with Gasteiger partial charge in [0, 0.05) is 4.43 Å². The predicted octanol–water partition coefficient (Wildman–Crippen LogP) is 3.93. The maximum Gasteiger partial charge on any atom is 0.0595 e. The summed E-state index contributed by atoms with van der Waals surface area (Å²) < 4.78 is 0.967. The highest BCUT2D eigenvalue weighted by Gasteiger charge is 1.96. The zero-order valence-electron chi connectivity index (χ0n) is 5.07. The molecule has 0 aromatic heterocycles. The Morgan fingerprint density at radius 1 is 1.20 bits per heavy atom. The highest BCUT2D eigenvalue weighted by atomic mass is 127. The molecule has 0 unspecified atom stereocenters. The minimum Gasteiger partial charge on any atom is -0.0827 e. The molecule has 1 aromatic carbocycles. The van der Waals surface area contributed by atoms with Crippen molar-refractivity contribution in [2.75, 3.05) is 0 Å². The molecular formula is C7H5Cl2I. The summed E-state index contributed by atoms with van der Waals surface area (Å²) in [6, 6.07) is 5.68. The van der Waals surface area contributed by atoms with E-state index in [9.17, 15) is 0 Å². The van der Waals surface area contributed by atoms with Crippen molar-refractivity contribution < 1.29 is 0 Å². The smallest absolute Gasteiger partial charge is 0.0595 e. The van der Waals surface area contributed by atoms with E-state index < -0.39 is 0 Å². The van der Waals surface area contributed by atoms with Crippen LogP contribution in [0.3, 0.4) is 0 Å². The molecule has 0 nitrogen and oxygen atoms in total. The van der Waals surface area contributed by atoms with Crippen LogP contribution in [0.2, 0.25) is 10.0 Å². The number of benzene rings is 1. The molecule has 1 rings (SSSR count). The van der Waals surface area contributed by atoms with Gasteiger partial charge >= 0.3 is 0 Å². The van der Waals surface area contributed by atoms with E-state index in [1.807, 2.05) is 18.2 Å². The maximum absolute atomic E-state index is 5.76. The van der Waals surface area contributed by atoms with Crippen LogP contribution in [0.5, 0.6) is 0 Å². The van der Waals surface area contributed by atoms with E-state index in [0.717, 1.165) is 4.43 Å². The Kier molecular flexibility index (Phi) is 3.27. The first kappa shape index (κ1) is 8.62. The molecule has 54 valence electrons. The number of hydrogen-bond acceptors (Lipinski definition) is 0. The first-order valence-electron chi connectivity index (χ1n) is 2.74. The molecule has 0 heterocycles. The third-order valence-corrected chi connectivity index (χ3v) is 2.76. The van der Waals surface area contributed by atoms with Crippen LogP contribution in [-0.4, -0.2) is 0 Å². The van der Waals surface area contributed by atoms with Gasteiger partial charge in [-0.1, -0.05) is 51.9 Å². The highest BCUT2D eigenvalue weighted by molar-refractivity contribution is 14.1. The van der Waals surface area contributed by atoms with Crippen molar-refractivity contribution in [2.45, 2.75) is 4.43 Å². The van der Waals surface area contributed by atoms with Crippen LogP contribution in [0.4, 0.5) is 0 Å². The molecular weight excluding hydrogens is 282 g/mol. The number of alkyl halides is 1. The van der Waals surface area contributed by atoms with Crippen LogP contribution in [0.1, 0.15) is 5.56 Å². The molecule has 0 aliphatic rings. The second kappa shape index (κ2) is 3.79. The molecule has 1 aromatic rings. The summed E-state index contributed by atoms with van der Waals surface area (Å²) in [6.07, 6.45) is 0. The average molecular weight is 287 g/mol. The molecule has 0 amide bonds. The lowest BCUT2D eigenvalue weighted by Gasteiger charge is -1.97. The van der Waals surface area contributed by atoms with Gasteiger partial charge in [0.2, 0.25) is 0 Å². The fraction of sp³-hybridized carbons (Fsp3) is 0.143. The SMILES string of the molecule is Clc1ccc(CI)cc1Cl. The van der Waals surface area contributed by atoms with Crippen molar-refractivity contribution in [3.63, 3.8) is 0 Å². The number of rotatable bonds is 1. The Hall–Kier alpha value is 0.530. The third-order valence-electron chi connectivity index (χ3n) is 1.14. The minimum absolute atomic E-state index is 0.621. The largest absolute Gasteiger partial charge is 0.0827 e. The average Bonchev–Trinajstić information content (AvgIpc) is 1.95. The second-order valence-corrected chi connectivity index (χ2v) is 3.46. The van der Waals surface area contributed by atoms with Gasteiger partial charge in [-0.2, -0.15) is 0 Å². The quantitative estimate of drug-likeness (QED) is 0.542. The van der Waals surface area contributed by atoms with Crippen molar-refractivity contribution in [1.82, 2.24) is 0 Å².